The van der Waals surface area contributed by atoms with Crippen LogP contribution in [-0.2, 0) is 16.6 Å². The molecule has 3 N–H and O–H groups in total. The highest BCUT2D eigenvalue weighted by atomic mass is 32.2. The molecule has 1 saturated carbocycles. The minimum absolute atomic E-state index is 0.171. The van der Waals surface area contributed by atoms with Gasteiger partial charge in [-0.1, -0.05) is 26.0 Å². The fourth-order valence-electron chi connectivity index (χ4n) is 2.25. The van der Waals surface area contributed by atoms with Gasteiger partial charge in [-0.15, -0.1) is 0 Å². The Balaban J connectivity index is 2.06. The Labute approximate surface area is 115 Å². The maximum atomic E-state index is 12.2. The van der Waals surface area contributed by atoms with E-state index in [2.05, 4.69) is 18.6 Å². The summed E-state index contributed by atoms with van der Waals surface area (Å²) in [4.78, 5) is 0.309. The Morgan fingerprint density at radius 2 is 1.84 bits per heavy atom. The van der Waals surface area contributed by atoms with E-state index in [4.69, 9.17) is 5.73 Å². The van der Waals surface area contributed by atoms with Gasteiger partial charge in [0.1, 0.15) is 0 Å². The van der Waals surface area contributed by atoms with Crippen LogP contribution in [0.2, 0.25) is 0 Å². The number of hydrogen-bond acceptors (Lipinski definition) is 3. The summed E-state index contributed by atoms with van der Waals surface area (Å²) >= 11 is 0. The zero-order chi connectivity index (χ0) is 14.1. The maximum absolute atomic E-state index is 12.2. The van der Waals surface area contributed by atoms with E-state index >= 15 is 0 Å². The molecule has 0 aromatic heterocycles. The molecule has 0 spiro atoms. The summed E-state index contributed by atoms with van der Waals surface area (Å²) < 4.78 is 27.1. The van der Waals surface area contributed by atoms with Gasteiger partial charge in [0.25, 0.3) is 0 Å². The highest BCUT2D eigenvalue weighted by Crippen LogP contribution is 2.51. The van der Waals surface area contributed by atoms with Crippen molar-refractivity contribution in [3.05, 3.63) is 29.8 Å². The second kappa shape index (κ2) is 5.23. The van der Waals surface area contributed by atoms with E-state index in [0.29, 0.717) is 23.9 Å². The van der Waals surface area contributed by atoms with Crippen molar-refractivity contribution in [1.29, 1.82) is 0 Å². The van der Waals surface area contributed by atoms with Gasteiger partial charge < -0.3 is 5.73 Å². The molecule has 0 bridgehead atoms. The number of hydrogen-bond donors (Lipinski definition) is 2. The third-order valence-corrected chi connectivity index (χ3v) is 5.62. The van der Waals surface area contributed by atoms with E-state index in [9.17, 15) is 8.42 Å². The predicted octanol–water partition coefficient (Wildman–Crippen LogP) is 1.86. The van der Waals surface area contributed by atoms with Crippen LogP contribution in [0.15, 0.2) is 29.2 Å². The molecule has 1 aromatic rings. The summed E-state index contributed by atoms with van der Waals surface area (Å²) in [6, 6.07) is 6.73. The lowest BCUT2D eigenvalue weighted by Gasteiger charge is -2.20. The topological polar surface area (TPSA) is 72.2 Å². The SMILES string of the molecule is CC(C)C1(CNS(=O)(=O)c2ccc(CN)cc2)CC1. The second-order valence-electron chi connectivity index (χ2n) is 5.69. The highest BCUT2D eigenvalue weighted by Gasteiger charge is 2.45. The lowest BCUT2D eigenvalue weighted by Crippen LogP contribution is -2.32. The summed E-state index contributed by atoms with van der Waals surface area (Å²) in [6.07, 6.45) is 2.22. The zero-order valence-electron chi connectivity index (χ0n) is 11.5. The first kappa shape index (κ1) is 14.5. The van der Waals surface area contributed by atoms with Crippen molar-refractivity contribution in [1.82, 2.24) is 4.72 Å². The minimum atomic E-state index is -3.40. The summed E-state index contributed by atoms with van der Waals surface area (Å²) in [5.41, 5.74) is 6.60. The maximum Gasteiger partial charge on any atom is 0.240 e. The number of sulfonamides is 1. The Kier molecular flexibility index (Phi) is 3.99. The lowest BCUT2D eigenvalue weighted by atomic mass is 9.93. The van der Waals surface area contributed by atoms with Gasteiger partial charge in [0, 0.05) is 13.1 Å². The number of nitrogens with one attached hydrogen (secondary N) is 1. The number of nitrogens with two attached hydrogens (primary N) is 1. The summed E-state index contributed by atoms with van der Waals surface area (Å²) in [6.45, 7) is 5.25. The molecule has 0 atom stereocenters. The summed E-state index contributed by atoms with van der Waals surface area (Å²) in [5.74, 6) is 0.509. The van der Waals surface area contributed by atoms with Crippen molar-refractivity contribution in [3.8, 4) is 0 Å². The molecule has 19 heavy (non-hydrogen) atoms. The van der Waals surface area contributed by atoms with E-state index in [-0.39, 0.29) is 5.41 Å². The Bertz CT molecular complexity index is 531. The summed E-state index contributed by atoms with van der Waals surface area (Å²) in [7, 11) is -3.40. The Morgan fingerprint density at radius 1 is 1.26 bits per heavy atom. The fraction of sp³-hybridized carbons (Fsp3) is 0.571. The van der Waals surface area contributed by atoms with Gasteiger partial charge in [-0.05, 0) is 41.9 Å². The minimum Gasteiger partial charge on any atom is -0.326 e. The number of rotatable bonds is 6. The molecule has 5 heteroatoms. The van der Waals surface area contributed by atoms with Crippen LogP contribution in [0.3, 0.4) is 0 Å². The van der Waals surface area contributed by atoms with Crippen LogP contribution in [0.25, 0.3) is 0 Å². The average Bonchev–Trinajstić information content (AvgIpc) is 3.18. The van der Waals surface area contributed by atoms with Crippen molar-refractivity contribution >= 4 is 10.0 Å². The smallest absolute Gasteiger partial charge is 0.240 e. The molecular formula is C14H22N2O2S. The molecule has 4 nitrogen and oxygen atoms in total. The lowest BCUT2D eigenvalue weighted by molar-refractivity contribution is 0.357. The molecular weight excluding hydrogens is 260 g/mol. The first-order valence-corrected chi connectivity index (χ1v) is 8.17. The Hall–Kier alpha value is -0.910. The number of benzene rings is 1. The van der Waals surface area contributed by atoms with Gasteiger partial charge in [0.15, 0.2) is 0 Å². The molecule has 1 aliphatic rings. The predicted molar refractivity (Wildman–Crippen MR) is 76.0 cm³/mol. The molecule has 0 aliphatic heterocycles. The van der Waals surface area contributed by atoms with Gasteiger partial charge >= 0.3 is 0 Å². The normalized spacial score (nSPS) is 17.7. The van der Waals surface area contributed by atoms with Crippen molar-refractivity contribution < 1.29 is 8.42 Å². The molecule has 0 radical (unpaired) electrons. The van der Waals surface area contributed by atoms with Crippen LogP contribution >= 0.6 is 0 Å². The average molecular weight is 282 g/mol. The van der Waals surface area contributed by atoms with Crippen LogP contribution < -0.4 is 10.5 Å². The van der Waals surface area contributed by atoms with Gasteiger partial charge in [-0.25, -0.2) is 13.1 Å². The first-order valence-electron chi connectivity index (χ1n) is 6.68. The largest absolute Gasteiger partial charge is 0.326 e. The zero-order valence-corrected chi connectivity index (χ0v) is 12.3. The van der Waals surface area contributed by atoms with Crippen LogP contribution in [0.4, 0.5) is 0 Å². The van der Waals surface area contributed by atoms with Gasteiger partial charge in [0.05, 0.1) is 4.90 Å². The quantitative estimate of drug-likeness (QED) is 0.836. The molecule has 0 heterocycles. The second-order valence-corrected chi connectivity index (χ2v) is 7.46. The standard InChI is InChI=1S/C14H22N2O2S/c1-11(2)14(7-8-14)10-16-19(17,18)13-5-3-12(9-15)4-6-13/h3-6,11,16H,7-10,15H2,1-2H3. The van der Waals surface area contributed by atoms with Crippen LogP contribution in [0.5, 0.6) is 0 Å². The van der Waals surface area contributed by atoms with Gasteiger partial charge in [-0.2, -0.15) is 0 Å². The van der Waals surface area contributed by atoms with Crippen molar-refractivity contribution in [3.63, 3.8) is 0 Å². The van der Waals surface area contributed by atoms with Crippen molar-refractivity contribution in [2.24, 2.45) is 17.1 Å². The molecule has 2 rings (SSSR count). The molecule has 0 unspecified atom stereocenters. The first-order chi connectivity index (χ1) is 8.89. The molecule has 0 amide bonds. The molecule has 0 saturated heterocycles. The van der Waals surface area contributed by atoms with Gasteiger partial charge in [0.2, 0.25) is 10.0 Å². The molecule has 1 fully saturated rings. The highest BCUT2D eigenvalue weighted by molar-refractivity contribution is 7.89. The molecule has 1 aromatic carbocycles. The van der Waals surface area contributed by atoms with E-state index in [0.717, 1.165) is 18.4 Å². The van der Waals surface area contributed by atoms with E-state index in [1.54, 1.807) is 24.3 Å². The monoisotopic (exact) mass is 282 g/mol. The van der Waals surface area contributed by atoms with E-state index < -0.39 is 10.0 Å². The summed E-state index contributed by atoms with van der Waals surface area (Å²) in [5, 5.41) is 0. The van der Waals surface area contributed by atoms with Crippen LogP contribution in [0.1, 0.15) is 32.3 Å². The Morgan fingerprint density at radius 3 is 2.26 bits per heavy atom. The van der Waals surface area contributed by atoms with E-state index in [1.807, 2.05) is 0 Å². The third-order valence-electron chi connectivity index (χ3n) is 4.20. The fourth-order valence-corrected chi connectivity index (χ4v) is 3.38. The third kappa shape index (κ3) is 3.16. The van der Waals surface area contributed by atoms with Crippen LogP contribution in [-0.4, -0.2) is 15.0 Å². The molecule has 1 aliphatic carbocycles. The van der Waals surface area contributed by atoms with Crippen molar-refractivity contribution in [2.45, 2.75) is 38.1 Å². The van der Waals surface area contributed by atoms with Gasteiger partial charge in [-0.3, -0.25) is 0 Å². The van der Waals surface area contributed by atoms with E-state index in [1.165, 1.54) is 0 Å². The van der Waals surface area contributed by atoms with Crippen molar-refractivity contribution in [2.75, 3.05) is 6.54 Å². The molecule has 106 valence electrons. The van der Waals surface area contributed by atoms with Crippen LogP contribution in [0, 0.1) is 11.3 Å².